The first-order valence-corrected chi connectivity index (χ1v) is 6.64. The van der Waals surface area contributed by atoms with Crippen molar-refractivity contribution in [1.82, 2.24) is 9.78 Å². The third-order valence-corrected chi connectivity index (χ3v) is 3.20. The maximum Gasteiger partial charge on any atom is 0.0817 e. The first-order chi connectivity index (χ1) is 9.10. The van der Waals surface area contributed by atoms with Gasteiger partial charge in [-0.15, -0.1) is 0 Å². The molecule has 1 heterocycles. The fourth-order valence-electron chi connectivity index (χ4n) is 1.97. The molecule has 0 atom stereocenters. The fraction of sp³-hybridized carbons (Fsp3) is 0.400. The molecule has 2 rings (SSSR count). The van der Waals surface area contributed by atoms with Crippen molar-refractivity contribution in [3.63, 3.8) is 0 Å². The van der Waals surface area contributed by atoms with Crippen LogP contribution in [0.3, 0.4) is 0 Å². The third kappa shape index (κ3) is 3.35. The standard InChI is InChI=1S/C15H22N4/c1-12(2)19-9-8-14(17-19)11-18(3)15-6-4-13(10-16)5-7-15/h4-9,12H,10-11,16H2,1-3H3. The maximum atomic E-state index is 5.60. The van der Waals surface area contributed by atoms with Crippen LogP contribution in [0.2, 0.25) is 0 Å². The molecule has 0 radical (unpaired) electrons. The number of benzene rings is 1. The van der Waals surface area contributed by atoms with E-state index in [4.69, 9.17) is 5.73 Å². The zero-order valence-corrected chi connectivity index (χ0v) is 11.9. The molecule has 1 aromatic carbocycles. The van der Waals surface area contributed by atoms with Crippen LogP contribution in [0.25, 0.3) is 0 Å². The molecule has 0 amide bonds. The zero-order valence-electron chi connectivity index (χ0n) is 11.9. The lowest BCUT2D eigenvalue weighted by Crippen LogP contribution is -2.17. The average Bonchev–Trinajstić information content (AvgIpc) is 2.87. The molecule has 2 N–H and O–H groups in total. The Hall–Kier alpha value is -1.81. The molecule has 102 valence electrons. The second-order valence-electron chi connectivity index (χ2n) is 5.11. The topological polar surface area (TPSA) is 47.1 Å². The van der Waals surface area contributed by atoms with Crippen molar-refractivity contribution in [3.05, 3.63) is 47.8 Å². The van der Waals surface area contributed by atoms with E-state index >= 15 is 0 Å². The Labute approximate surface area is 114 Å². The Morgan fingerprint density at radius 1 is 1.21 bits per heavy atom. The molecule has 19 heavy (non-hydrogen) atoms. The molecule has 0 aliphatic carbocycles. The van der Waals surface area contributed by atoms with Crippen LogP contribution in [0.1, 0.15) is 31.1 Å². The number of hydrogen-bond acceptors (Lipinski definition) is 3. The minimum absolute atomic E-state index is 0.405. The van der Waals surface area contributed by atoms with Crippen molar-refractivity contribution in [1.29, 1.82) is 0 Å². The van der Waals surface area contributed by atoms with E-state index in [1.54, 1.807) is 0 Å². The van der Waals surface area contributed by atoms with E-state index in [2.05, 4.69) is 61.2 Å². The van der Waals surface area contributed by atoms with Crippen molar-refractivity contribution in [2.75, 3.05) is 11.9 Å². The third-order valence-electron chi connectivity index (χ3n) is 3.20. The summed E-state index contributed by atoms with van der Waals surface area (Å²) in [6, 6.07) is 10.8. The first kappa shape index (κ1) is 13.6. The summed E-state index contributed by atoms with van der Waals surface area (Å²) in [6.07, 6.45) is 2.03. The highest BCUT2D eigenvalue weighted by molar-refractivity contribution is 5.47. The van der Waals surface area contributed by atoms with Gasteiger partial charge in [-0.3, -0.25) is 4.68 Å². The van der Waals surface area contributed by atoms with Gasteiger partial charge in [0.2, 0.25) is 0 Å². The van der Waals surface area contributed by atoms with Gasteiger partial charge in [0.15, 0.2) is 0 Å². The van der Waals surface area contributed by atoms with Gasteiger partial charge < -0.3 is 10.6 Å². The summed E-state index contributed by atoms with van der Waals surface area (Å²) in [7, 11) is 2.08. The van der Waals surface area contributed by atoms with Gasteiger partial charge in [0.25, 0.3) is 0 Å². The fourth-order valence-corrected chi connectivity index (χ4v) is 1.97. The molecule has 0 unspecified atom stereocenters. The van der Waals surface area contributed by atoms with Gasteiger partial charge in [0.1, 0.15) is 0 Å². The lowest BCUT2D eigenvalue weighted by atomic mass is 10.2. The van der Waals surface area contributed by atoms with Crippen LogP contribution < -0.4 is 10.6 Å². The summed E-state index contributed by atoms with van der Waals surface area (Å²) in [5.41, 5.74) is 9.02. The van der Waals surface area contributed by atoms with E-state index in [0.717, 1.165) is 17.8 Å². The molecule has 0 fully saturated rings. The Bertz CT molecular complexity index is 513. The normalized spacial score (nSPS) is 11.0. The van der Waals surface area contributed by atoms with Crippen molar-refractivity contribution in [2.24, 2.45) is 5.73 Å². The van der Waals surface area contributed by atoms with E-state index in [1.165, 1.54) is 5.69 Å². The van der Waals surface area contributed by atoms with Gasteiger partial charge in [-0.2, -0.15) is 5.10 Å². The quantitative estimate of drug-likeness (QED) is 0.896. The Morgan fingerprint density at radius 2 is 1.89 bits per heavy atom. The zero-order chi connectivity index (χ0) is 13.8. The van der Waals surface area contributed by atoms with Crippen LogP contribution in [0.5, 0.6) is 0 Å². The second kappa shape index (κ2) is 5.89. The molecule has 4 heteroatoms. The summed E-state index contributed by atoms with van der Waals surface area (Å²) >= 11 is 0. The number of nitrogens with zero attached hydrogens (tertiary/aromatic N) is 3. The molecular formula is C15H22N4. The van der Waals surface area contributed by atoms with Gasteiger partial charge in [0, 0.05) is 31.5 Å². The van der Waals surface area contributed by atoms with Gasteiger partial charge in [-0.25, -0.2) is 0 Å². The van der Waals surface area contributed by atoms with Crippen molar-refractivity contribution in [3.8, 4) is 0 Å². The van der Waals surface area contributed by atoms with E-state index < -0.39 is 0 Å². The second-order valence-corrected chi connectivity index (χ2v) is 5.11. The van der Waals surface area contributed by atoms with Crippen LogP contribution in [-0.4, -0.2) is 16.8 Å². The lowest BCUT2D eigenvalue weighted by Gasteiger charge is -2.18. The summed E-state index contributed by atoms with van der Waals surface area (Å²) in [5, 5.41) is 4.56. The van der Waals surface area contributed by atoms with Crippen LogP contribution >= 0.6 is 0 Å². The largest absolute Gasteiger partial charge is 0.369 e. The average molecular weight is 258 g/mol. The summed E-state index contributed by atoms with van der Waals surface area (Å²) in [5.74, 6) is 0. The predicted molar refractivity (Wildman–Crippen MR) is 79.1 cm³/mol. The number of aromatic nitrogens is 2. The monoisotopic (exact) mass is 258 g/mol. The van der Waals surface area contributed by atoms with Gasteiger partial charge in [0.05, 0.1) is 12.2 Å². The summed E-state index contributed by atoms with van der Waals surface area (Å²) in [4.78, 5) is 2.19. The van der Waals surface area contributed by atoms with Gasteiger partial charge in [-0.1, -0.05) is 12.1 Å². The highest BCUT2D eigenvalue weighted by atomic mass is 15.3. The van der Waals surface area contributed by atoms with Crippen LogP contribution in [0.4, 0.5) is 5.69 Å². The van der Waals surface area contributed by atoms with E-state index in [1.807, 2.05) is 10.9 Å². The highest BCUT2D eigenvalue weighted by Crippen LogP contribution is 2.16. The van der Waals surface area contributed by atoms with Crippen LogP contribution in [-0.2, 0) is 13.1 Å². The summed E-state index contributed by atoms with van der Waals surface area (Å²) in [6.45, 7) is 5.66. The van der Waals surface area contributed by atoms with Crippen molar-refractivity contribution < 1.29 is 0 Å². The molecule has 0 saturated carbocycles. The number of nitrogens with two attached hydrogens (primary N) is 1. The molecular weight excluding hydrogens is 236 g/mol. The smallest absolute Gasteiger partial charge is 0.0817 e. The number of anilines is 1. The van der Waals surface area contributed by atoms with E-state index in [0.29, 0.717) is 12.6 Å². The molecule has 0 aliphatic heterocycles. The van der Waals surface area contributed by atoms with Gasteiger partial charge >= 0.3 is 0 Å². The minimum atomic E-state index is 0.405. The van der Waals surface area contributed by atoms with Gasteiger partial charge in [-0.05, 0) is 37.6 Å². The van der Waals surface area contributed by atoms with Crippen LogP contribution in [0.15, 0.2) is 36.5 Å². The highest BCUT2D eigenvalue weighted by Gasteiger charge is 2.06. The number of hydrogen-bond donors (Lipinski definition) is 1. The molecule has 2 aromatic rings. The van der Waals surface area contributed by atoms with E-state index in [9.17, 15) is 0 Å². The molecule has 0 bridgehead atoms. The molecule has 4 nitrogen and oxygen atoms in total. The maximum absolute atomic E-state index is 5.60. The molecule has 0 aliphatic rings. The SMILES string of the molecule is CC(C)n1ccc(CN(C)c2ccc(CN)cc2)n1. The first-order valence-electron chi connectivity index (χ1n) is 6.64. The molecule has 0 spiro atoms. The summed E-state index contributed by atoms with van der Waals surface area (Å²) < 4.78 is 1.99. The Morgan fingerprint density at radius 3 is 2.42 bits per heavy atom. The minimum Gasteiger partial charge on any atom is -0.369 e. The van der Waals surface area contributed by atoms with Crippen molar-refractivity contribution in [2.45, 2.75) is 33.0 Å². The van der Waals surface area contributed by atoms with E-state index in [-0.39, 0.29) is 0 Å². The lowest BCUT2D eigenvalue weighted by molar-refractivity contribution is 0.526. The predicted octanol–water partition coefficient (Wildman–Crippen LogP) is 2.56. The molecule has 1 aromatic heterocycles. The van der Waals surface area contributed by atoms with Crippen molar-refractivity contribution >= 4 is 5.69 Å². The molecule has 0 saturated heterocycles. The number of rotatable bonds is 5. The Balaban J connectivity index is 2.04. The van der Waals surface area contributed by atoms with Crippen LogP contribution in [0, 0.1) is 0 Å². The Kier molecular flexibility index (Phi) is 4.22.